The highest BCUT2D eigenvalue weighted by Crippen LogP contribution is 2.35. The molecule has 3 aromatic carbocycles. The normalized spacial score (nSPS) is 10.9. The molecule has 0 atom stereocenters. The lowest BCUT2D eigenvalue weighted by atomic mass is 10.2. The van der Waals surface area contributed by atoms with Gasteiger partial charge in [-0.3, -0.25) is 4.79 Å². The van der Waals surface area contributed by atoms with Crippen LogP contribution in [0.4, 0.5) is 0 Å². The van der Waals surface area contributed by atoms with Crippen molar-refractivity contribution < 1.29 is 9.53 Å². The Balaban J connectivity index is 1.66. The van der Waals surface area contributed by atoms with Crippen LogP contribution in [0.15, 0.2) is 74.7 Å². The molecule has 0 aliphatic heterocycles. The molecule has 148 valence electrons. The first-order valence-corrected chi connectivity index (χ1v) is 10.7. The van der Waals surface area contributed by atoms with Crippen LogP contribution < -0.4 is 10.2 Å². The fourth-order valence-corrected chi connectivity index (χ4v) is 4.37. The Bertz CT molecular complexity index is 1040. The topological polar surface area (TPSA) is 50.7 Å². The van der Waals surface area contributed by atoms with Crippen LogP contribution in [-0.4, -0.2) is 12.1 Å². The molecule has 1 N–H and O–H groups in total. The molecule has 0 aliphatic carbocycles. The van der Waals surface area contributed by atoms with Crippen molar-refractivity contribution in [1.82, 2.24) is 5.43 Å². The van der Waals surface area contributed by atoms with E-state index in [4.69, 9.17) is 27.9 Å². The van der Waals surface area contributed by atoms with E-state index in [9.17, 15) is 4.79 Å². The zero-order valence-corrected chi connectivity index (χ0v) is 19.5. The third-order valence-electron chi connectivity index (χ3n) is 3.80. The van der Waals surface area contributed by atoms with Crippen LogP contribution in [0.5, 0.6) is 5.75 Å². The zero-order chi connectivity index (χ0) is 20.8. The van der Waals surface area contributed by atoms with Crippen molar-refractivity contribution in [1.29, 1.82) is 0 Å². The van der Waals surface area contributed by atoms with E-state index >= 15 is 0 Å². The minimum atomic E-state index is -0.427. The summed E-state index contributed by atoms with van der Waals surface area (Å²) in [7, 11) is 0. The summed E-state index contributed by atoms with van der Waals surface area (Å²) >= 11 is 18.9. The van der Waals surface area contributed by atoms with Gasteiger partial charge in [0, 0.05) is 5.02 Å². The molecule has 0 bridgehead atoms. The largest absolute Gasteiger partial charge is 0.487 e. The van der Waals surface area contributed by atoms with Gasteiger partial charge in [0.15, 0.2) is 0 Å². The molecule has 0 saturated carbocycles. The molecule has 29 heavy (non-hydrogen) atoms. The summed E-state index contributed by atoms with van der Waals surface area (Å²) in [5.41, 5.74) is 4.57. The minimum Gasteiger partial charge on any atom is -0.487 e. The van der Waals surface area contributed by atoms with Gasteiger partial charge in [-0.1, -0.05) is 53.5 Å². The molecule has 0 aliphatic rings. The van der Waals surface area contributed by atoms with Gasteiger partial charge in [-0.05, 0) is 73.3 Å². The number of hydrazone groups is 1. The highest BCUT2D eigenvalue weighted by atomic mass is 79.9. The number of amides is 1. The molecule has 0 heterocycles. The summed E-state index contributed by atoms with van der Waals surface area (Å²) in [6.45, 7) is 0.448. The Labute approximate surface area is 195 Å². The molecule has 0 unspecified atom stereocenters. The van der Waals surface area contributed by atoms with Gasteiger partial charge in [-0.15, -0.1) is 0 Å². The lowest BCUT2D eigenvalue weighted by molar-refractivity contribution is 0.0955. The van der Waals surface area contributed by atoms with E-state index < -0.39 is 5.91 Å². The van der Waals surface area contributed by atoms with E-state index in [-0.39, 0.29) is 5.02 Å². The van der Waals surface area contributed by atoms with E-state index in [0.29, 0.717) is 22.9 Å². The first kappa shape index (κ1) is 21.8. The van der Waals surface area contributed by atoms with Crippen LogP contribution in [0.3, 0.4) is 0 Å². The number of hydrogen-bond acceptors (Lipinski definition) is 3. The molecule has 3 aromatic rings. The Morgan fingerprint density at radius 1 is 1.03 bits per heavy atom. The quantitative estimate of drug-likeness (QED) is 0.266. The number of carbonyl (C=O) groups excluding carboxylic acids is 1. The van der Waals surface area contributed by atoms with Crippen molar-refractivity contribution in [2.45, 2.75) is 6.61 Å². The second kappa shape index (κ2) is 10.3. The molecule has 0 saturated heterocycles. The molecule has 0 fully saturated rings. The van der Waals surface area contributed by atoms with E-state index in [1.165, 1.54) is 12.3 Å². The van der Waals surface area contributed by atoms with Crippen LogP contribution in [0.2, 0.25) is 10.0 Å². The Hall–Kier alpha value is -1.86. The molecule has 3 rings (SSSR count). The molecular formula is C21H14Br2Cl2N2O2. The molecular weight excluding hydrogens is 543 g/mol. The fraction of sp³-hybridized carbons (Fsp3) is 0.0476. The summed E-state index contributed by atoms with van der Waals surface area (Å²) in [4.78, 5) is 12.2. The molecule has 0 spiro atoms. The third kappa shape index (κ3) is 6.06. The first-order chi connectivity index (χ1) is 13.9. The predicted octanol–water partition coefficient (Wildman–Crippen LogP) is 6.86. The van der Waals surface area contributed by atoms with Gasteiger partial charge in [-0.25, -0.2) is 5.43 Å². The SMILES string of the molecule is O=C(N/N=C/c1cc(Br)c(OCc2ccccc2)c(Br)c1)c1ccc(Cl)cc1Cl. The Kier molecular flexibility index (Phi) is 7.72. The maximum Gasteiger partial charge on any atom is 0.272 e. The molecule has 4 nitrogen and oxygen atoms in total. The van der Waals surface area contributed by atoms with Crippen molar-refractivity contribution in [3.8, 4) is 5.75 Å². The smallest absolute Gasteiger partial charge is 0.272 e. The highest BCUT2D eigenvalue weighted by molar-refractivity contribution is 9.11. The average molecular weight is 557 g/mol. The number of nitrogens with one attached hydrogen (secondary N) is 1. The maximum atomic E-state index is 12.2. The van der Waals surface area contributed by atoms with Gasteiger partial charge in [0.05, 0.1) is 25.7 Å². The predicted molar refractivity (Wildman–Crippen MR) is 124 cm³/mol. The van der Waals surface area contributed by atoms with Crippen LogP contribution in [0.25, 0.3) is 0 Å². The number of ether oxygens (including phenoxy) is 1. The average Bonchev–Trinajstić information content (AvgIpc) is 2.68. The number of halogens is 4. The number of hydrogen-bond donors (Lipinski definition) is 1. The number of benzene rings is 3. The van der Waals surface area contributed by atoms with Gasteiger partial charge >= 0.3 is 0 Å². The van der Waals surface area contributed by atoms with Crippen molar-refractivity contribution in [3.63, 3.8) is 0 Å². The molecule has 1 amide bonds. The van der Waals surface area contributed by atoms with E-state index in [2.05, 4.69) is 42.4 Å². The summed E-state index contributed by atoms with van der Waals surface area (Å²) in [5, 5.41) is 4.71. The number of rotatable bonds is 6. The summed E-state index contributed by atoms with van der Waals surface area (Å²) in [6.07, 6.45) is 1.53. The van der Waals surface area contributed by atoms with Crippen LogP contribution in [0, 0.1) is 0 Å². The molecule has 8 heteroatoms. The minimum absolute atomic E-state index is 0.260. The third-order valence-corrected chi connectivity index (χ3v) is 5.53. The maximum absolute atomic E-state index is 12.2. The van der Waals surface area contributed by atoms with E-state index in [0.717, 1.165) is 20.1 Å². The van der Waals surface area contributed by atoms with Crippen LogP contribution >= 0.6 is 55.1 Å². The molecule has 0 aromatic heterocycles. The van der Waals surface area contributed by atoms with Crippen LogP contribution in [0.1, 0.15) is 21.5 Å². The van der Waals surface area contributed by atoms with Gasteiger partial charge in [0.1, 0.15) is 12.4 Å². The highest BCUT2D eigenvalue weighted by Gasteiger charge is 2.11. The monoisotopic (exact) mass is 554 g/mol. The summed E-state index contributed by atoms with van der Waals surface area (Å²) in [5.74, 6) is 0.256. The standard InChI is InChI=1S/C21H14Br2Cl2N2O2/c22-17-8-14(9-18(23)20(17)29-12-13-4-2-1-3-5-13)11-26-27-21(28)16-7-6-15(24)10-19(16)25/h1-11H,12H2,(H,27,28)/b26-11+. The van der Waals surface area contributed by atoms with Crippen molar-refractivity contribution in [2.24, 2.45) is 5.10 Å². The lowest BCUT2D eigenvalue weighted by Gasteiger charge is -2.11. The summed E-state index contributed by atoms with van der Waals surface area (Å²) < 4.78 is 7.42. The van der Waals surface area contributed by atoms with Crippen molar-refractivity contribution >= 4 is 67.2 Å². The number of carbonyl (C=O) groups is 1. The zero-order valence-electron chi connectivity index (χ0n) is 14.8. The molecule has 0 radical (unpaired) electrons. The number of nitrogens with zero attached hydrogens (tertiary/aromatic N) is 1. The van der Waals surface area contributed by atoms with Crippen LogP contribution in [-0.2, 0) is 6.61 Å². The Morgan fingerprint density at radius 2 is 1.72 bits per heavy atom. The fourth-order valence-electron chi connectivity index (χ4n) is 2.42. The lowest BCUT2D eigenvalue weighted by Crippen LogP contribution is -2.18. The second-order valence-electron chi connectivity index (χ2n) is 5.91. The Morgan fingerprint density at radius 3 is 2.38 bits per heavy atom. The van der Waals surface area contributed by atoms with Gasteiger partial charge in [-0.2, -0.15) is 5.10 Å². The summed E-state index contributed by atoms with van der Waals surface area (Å²) in [6, 6.07) is 18.2. The van der Waals surface area contributed by atoms with Gasteiger partial charge in [0.25, 0.3) is 5.91 Å². The first-order valence-electron chi connectivity index (χ1n) is 8.38. The second-order valence-corrected chi connectivity index (χ2v) is 8.46. The van der Waals surface area contributed by atoms with Crippen molar-refractivity contribution in [3.05, 3.63) is 96.3 Å². The van der Waals surface area contributed by atoms with Gasteiger partial charge in [0.2, 0.25) is 0 Å². The van der Waals surface area contributed by atoms with Gasteiger partial charge < -0.3 is 4.74 Å². The van der Waals surface area contributed by atoms with E-state index in [1.807, 2.05) is 42.5 Å². The van der Waals surface area contributed by atoms with Crippen molar-refractivity contribution in [2.75, 3.05) is 0 Å². The van der Waals surface area contributed by atoms with E-state index in [1.54, 1.807) is 12.1 Å².